The Bertz CT molecular complexity index is 1110. The number of hydrogen-bond donors (Lipinski definition) is 3. The standard InChI is InChI=1S/C20H20N8O2/c29-17-9-13-1-2-14(10-15(13)24-17)23-19-25-16-11-21-6-8-28(16,26-19)27-7-4-20(12-27)3-5-22-18(20)30/h1-2,6,8,10-11H,3-5,7,9,12H2,(H2-,22,23,24,26,29,30)/p+1. The van der Waals surface area contributed by atoms with E-state index in [1.807, 2.05) is 24.4 Å². The molecule has 10 nitrogen and oxygen atoms in total. The predicted molar refractivity (Wildman–Crippen MR) is 111 cm³/mol. The van der Waals surface area contributed by atoms with Crippen LogP contribution in [0.5, 0.6) is 0 Å². The topological polar surface area (TPSA) is 111 Å². The lowest BCUT2D eigenvalue weighted by Gasteiger charge is -2.32. The number of amides is 2. The number of aliphatic imine (C=N–C) groups is 2. The van der Waals surface area contributed by atoms with E-state index < -0.39 is 0 Å². The van der Waals surface area contributed by atoms with E-state index in [9.17, 15) is 9.59 Å². The van der Waals surface area contributed by atoms with E-state index in [0.717, 1.165) is 42.9 Å². The lowest BCUT2D eigenvalue weighted by atomic mass is 9.86. The lowest BCUT2D eigenvalue weighted by molar-refractivity contribution is -0.915. The van der Waals surface area contributed by atoms with Crippen LogP contribution in [0, 0.1) is 5.41 Å². The Labute approximate surface area is 172 Å². The van der Waals surface area contributed by atoms with Gasteiger partial charge in [0.1, 0.15) is 6.21 Å². The third-order valence-electron chi connectivity index (χ3n) is 6.48. The Morgan fingerprint density at radius 1 is 1.23 bits per heavy atom. The van der Waals surface area contributed by atoms with E-state index in [4.69, 9.17) is 5.10 Å². The van der Waals surface area contributed by atoms with Crippen molar-refractivity contribution < 1.29 is 14.3 Å². The van der Waals surface area contributed by atoms with Crippen molar-refractivity contribution in [1.82, 2.24) is 10.3 Å². The molecule has 2 amide bonds. The molecule has 1 spiro atoms. The van der Waals surface area contributed by atoms with E-state index in [0.29, 0.717) is 24.8 Å². The van der Waals surface area contributed by atoms with Crippen LogP contribution in [0.4, 0.5) is 11.4 Å². The van der Waals surface area contributed by atoms with Crippen molar-refractivity contribution in [3.63, 3.8) is 0 Å². The first-order valence-electron chi connectivity index (χ1n) is 10.1. The molecule has 0 saturated carbocycles. The number of nitrogens with one attached hydrogen (secondary N) is 3. The number of benzene rings is 1. The van der Waals surface area contributed by atoms with Gasteiger partial charge in [-0.25, -0.2) is 0 Å². The average Bonchev–Trinajstić information content (AvgIpc) is 3.48. The number of amidine groups is 1. The van der Waals surface area contributed by atoms with Crippen molar-refractivity contribution in [2.75, 3.05) is 30.3 Å². The molecule has 5 heterocycles. The Morgan fingerprint density at radius 2 is 2.17 bits per heavy atom. The monoisotopic (exact) mass is 405 g/mol. The number of hydrogen-bond acceptors (Lipinski definition) is 7. The van der Waals surface area contributed by atoms with Crippen molar-refractivity contribution in [3.8, 4) is 0 Å². The summed E-state index contributed by atoms with van der Waals surface area (Å²) < 4.78 is 0.0859. The van der Waals surface area contributed by atoms with Crippen molar-refractivity contribution in [2.45, 2.75) is 19.3 Å². The number of carbonyl (C=O) groups excluding carboxylic acids is 2. The van der Waals surface area contributed by atoms with Crippen molar-refractivity contribution in [2.24, 2.45) is 20.5 Å². The summed E-state index contributed by atoms with van der Waals surface area (Å²) in [7, 11) is 0. The minimum atomic E-state index is -0.343. The minimum absolute atomic E-state index is 0.00232. The Morgan fingerprint density at radius 3 is 3.03 bits per heavy atom. The third-order valence-corrected chi connectivity index (χ3v) is 6.48. The van der Waals surface area contributed by atoms with Gasteiger partial charge in [-0.1, -0.05) is 6.07 Å². The molecular weight excluding hydrogens is 384 g/mol. The molecule has 30 heavy (non-hydrogen) atoms. The molecule has 6 rings (SSSR count). The normalized spacial score (nSPS) is 31.5. The molecule has 152 valence electrons. The van der Waals surface area contributed by atoms with Crippen LogP contribution < -0.4 is 16.0 Å². The molecule has 2 atom stereocenters. The van der Waals surface area contributed by atoms with Crippen LogP contribution in [-0.4, -0.2) is 59.2 Å². The second kappa shape index (κ2) is 6.07. The maximum Gasteiger partial charge on any atom is 0.301 e. The smallest absolute Gasteiger partial charge is 0.301 e. The number of quaternary nitrogens is 1. The maximum absolute atomic E-state index is 12.4. The molecule has 2 fully saturated rings. The van der Waals surface area contributed by atoms with Gasteiger partial charge in [-0.2, -0.15) is 0 Å². The number of rotatable bonds is 2. The molecule has 3 N–H and O–H groups in total. The zero-order valence-corrected chi connectivity index (χ0v) is 16.3. The first-order valence-corrected chi connectivity index (χ1v) is 10.1. The summed E-state index contributed by atoms with van der Waals surface area (Å²) in [6.45, 7) is 2.10. The number of guanidine groups is 1. The van der Waals surface area contributed by atoms with Gasteiger partial charge in [-0.05, 0) is 40.3 Å². The fourth-order valence-corrected chi connectivity index (χ4v) is 4.86. The van der Waals surface area contributed by atoms with Crippen LogP contribution in [0.15, 0.2) is 45.7 Å². The molecule has 0 bridgehead atoms. The van der Waals surface area contributed by atoms with E-state index in [1.165, 1.54) is 0 Å². The molecular formula is C20H21N8O2+. The van der Waals surface area contributed by atoms with Crippen LogP contribution in [0.25, 0.3) is 0 Å². The maximum atomic E-state index is 12.4. The van der Waals surface area contributed by atoms with Gasteiger partial charge in [-0.15, -0.1) is 10.0 Å². The van der Waals surface area contributed by atoms with Gasteiger partial charge in [-0.3, -0.25) is 14.6 Å². The van der Waals surface area contributed by atoms with Gasteiger partial charge in [0.05, 0.1) is 31.1 Å². The molecule has 10 heteroatoms. The molecule has 5 aliphatic heterocycles. The fourth-order valence-electron chi connectivity index (χ4n) is 4.86. The largest absolute Gasteiger partial charge is 0.356 e. The molecule has 1 aromatic rings. The molecule has 0 aromatic heterocycles. The summed E-state index contributed by atoms with van der Waals surface area (Å²) >= 11 is 0. The molecule has 5 aliphatic rings. The van der Waals surface area contributed by atoms with Crippen molar-refractivity contribution in [1.29, 1.82) is 0 Å². The van der Waals surface area contributed by atoms with E-state index in [2.05, 4.69) is 30.9 Å². The molecule has 0 aliphatic carbocycles. The van der Waals surface area contributed by atoms with Gasteiger partial charge < -0.3 is 16.0 Å². The average molecular weight is 405 g/mol. The van der Waals surface area contributed by atoms with Gasteiger partial charge in [0.15, 0.2) is 6.20 Å². The van der Waals surface area contributed by atoms with Gasteiger partial charge in [0.2, 0.25) is 11.8 Å². The Balaban J connectivity index is 1.30. The summed E-state index contributed by atoms with van der Waals surface area (Å²) in [6.07, 6.45) is 7.38. The highest BCUT2D eigenvalue weighted by molar-refractivity contribution is 6.30. The van der Waals surface area contributed by atoms with Crippen LogP contribution in [0.3, 0.4) is 0 Å². The second-order valence-electron chi connectivity index (χ2n) is 8.27. The first kappa shape index (κ1) is 17.5. The van der Waals surface area contributed by atoms with Crippen molar-refractivity contribution in [3.05, 3.63) is 36.2 Å². The van der Waals surface area contributed by atoms with Gasteiger partial charge >= 0.3 is 5.84 Å². The minimum Gasteiger partial charge on any atom is -0.356 e. The summed E-state index contributed by atoms with van der Waals surface area (Å²) in [6, 6.07) is 5.74. The van der Waals surface area contributed by atoms with Crippen LogP contribution in [-0.2, 0) is 16.0 Å². The summed E-state index contributed by atoms with van der Waals surface area (Å²) in [5, 5.41) is 16.1. The quantitative estimate of drug-likeness (QED) is 0.632. The molecule has 2 unspecified atom stereocenters. The van der Waals surface area contributed by atoms with Crippen LogP contribution >= 0.6 is 0 Å². The molecule has 2 saturated heterocycles. The Hall–Kier alpha value is -3.37. The molecule has 1 aromatic carbocycles. The third kappa shape index (κ3) is 2.47. The zero-order chi connectivity index (χ0) is 20.3. The lowest BCUT2D eigenvalue weighted by Crippen LogP contribution is -2.56. The number of anilines is 2. The number of nitrogens with zero attached hydrogens (tertiary/aromatic N) is 5. The highest BCUT2D eigenvalue weighted by atomic mass is 16.2. The highest BCUT2D eigenvalue weighted by Gasteiger charge is 2.56. The second-order valence-corrected chi connectivity index (χ2v) is 8.27. The van der Waals surface area contributed by atoms with Gasteiger partial charge in [0, 0.05) is 17.9 Å². The predicted octanol–water partition coefficient (Wildman–Crippen LogP) is 0.776. The highest BCUT2D eigenvalue weighted by Crippen LogP contribution is 2.41. The zero-order valence-electron chi connectivity index (χ0n) is 16.3. The first-order chi connectivity index (χ1) is 14.6. The summed E-state index contributed by atoms with van der Waals surface area (Å²) in [5.74, 6) is 1.29. The van der Waals surface area contributed by atoms with Gasteiger partial charge in [0.25, 0.3) is 5.96 Å². The van der Waals surface area contributed by atoms with Crippen LogP contribution in [0.1, 0.15) is 18.4 Å². The van der Waals surface area contributed by atoms with E-state index in [1.54, 1.807) is 12.4 Å². The molecule has 0 radical (unpaired) electrons. The van der Waals surface area contributed by atoms with Crippen LogP contribution in [0.2, 0.25) is 0 Å². The Kier molecular flexibility index (Phi) is 3.54. The number of carbonyl (C=O) groups is 2. The SMILES string of the molecule is O=C1Cc2ccc(NC3=N[N+]4(N5CCC6(CCNC6=O)C5)C=CN=CC4=N3)cc2N1. The van der Waals surface area contributed by atoms with Crippen molar-refractivity contribution >= 4 is 41.2 Å². The fraction of sp³-hybridized carbons (Fsp3) is 0.350. The summed E-state index contributed by atoms with van der Waals surface area (Å²) in [5.41, 5.74) is 2.25. The van der Waals surface area contributed by atoms with E-state index in [-0.39, 0.29) is 21.9 Å². The number of fused-ring (bicyclic) bond motifs is 2. The summed E-state index contributed by atoms with van der Waals surface area (Å²) in [4.78, 5) is 32.9. The van der Waals surface area contributed by atoms with E-state index >= 15 is 0 Å².